The number of hydrogen-bond acceptors (Lipinski definition) is 4. The van der Waals surface area contributed by atoms with Gasteiger partial charge in [-0.1, -0.05) is 70.7 Å². The number of nitrogens with one attached hydrogen (secondary N) is 3. The lowest BCUT2D eigenvalue weighted by Gasteiger charge is -2.19. The van der Waals surface area contributed by atoms with Crippen molar-refractivity contribution in [3.63, 3.8) is 0 Å². The van der Waals surface area contributed by atoms with E-state index in [2.05, 4.69) is 77.8 Å². The lowest BCUT2D eigenvalue weighted by Crippen LogP contribution is -2.29. The Hall–Kier alpha value is -2.58. The lowest BCUT2D eigenvalue weighted by atomic mass is 9.87. The SMILES string of the molecule is CC(C)(C)c1ccc(NC(=S)NCCCCCCCCOc2ccccc2NC(=O)N=S)cc1. The number of carbonyl (C=O) groups is 1. The number of ether oxygens (including phenoxy) is 1. The molecule has 34 heavy (non-hydrogen) atoms. The second-order valence-corrected chi connectivity index (χ2v) is 9.79. The lowest BCUT2D eigenvalue weighted by molar-refractivity contribution is 0.259. The minimum atomic E-state index is -0.563. The fourth-order valence-electron chi connectivity index (χ4n) is 3.38. The van der Waals surface area contributed by atoms with Crippen molar-refractivity contribution < 1.29 is 9.53 Å². The molecular formula is C26H36N4O2S2. The Kier molecular flexibility index (Phi) is 11.9. The van der Waals surface area contributed by atoms with E-state index in [0.717, 1.165) is 37.9 Å². The third-order valence-corrected chi connectivity index (χ3v) is 5.75. The van der Waals surface area contributed by atoms with Crippen LogP contribution in [0.2, 0.25) is 0 Å². The van der Waals surface area contributed by atoms with E-state index >= 15 is 0 Å². The Morgan fingerprint density at radius 3 is 2.24 bits per heavy atom. The number of benzene rings is 2. The highest BCUT2D eigenvalue weighted by atomic mass is 32.1. The van der Waals surface area contributed by atoms with E-state index in [0.29, 0.717) is 23.2 Å². The summed E-state index contributed by atoms with van der Waals surface area (Å²) >= 11 is 9.80. The second kappa shape index (κ2) is 14.6. The van der Waals surface area contributed by atoms with Crippen LogP contribution in [-0.4, -0.2) is 24.3 Å². The van der Waals surface area contributed by atoms with Gasteiger partial charge in [-0.25, -0.2) is 4.79 Å². The van der Waals surface area contributed by atoms with E-state index in [9.17, 15) is 4.79 Å². The van der Waals surface area contributed by atoms with Gasteiger partial charge >= 0.3 is 6.03 Å². The van der Waals surface area contributed by atoms with Crippen molar-refractivity contribution in [2.24, 2.45) is 4.36 Å². The van der Waals surface area contributed by atoms with Crippen LogP contribution in [0.15, 0.2) is 52.9 Å². The quantitative estimate of drug-likeness (QED) is 0.216. The Bertz CT molecular complexity index is 927. The minimum absolute atomic E-state index is 0.150. The summed E-state index contributed by atoms with van der Waals surface area (Å²) in [6.07, 6.45) is 6.67. The van der Waals surface area contributed by atoms with Gasteiger partial charge in [0.1, 0.15) is 5.75 Å². The molecule has 8 heteroatoms. The fourth-order valence-corrected chi connectivity index (χ4v) is 3.65. The first-order chi connectivity index (χ1) is 16.3. The predicted octanol–water partition coefficient (Wildman–Crippen LogP) is 6.95. The number of urea groups is 1. The summed E-state index contributed by atoms with van der Waals surface area (Å²) in [4.78, 5) is 11.4. The Balaban J connectivity index is 1.50. The van der Waals surface area contributed by atoms with E-state index in [4.69, 9.17) is 17.0 Å². The van der Waals surface area contributed by atoms with Gasteiger partial charge in [-0.3, -0.25) is 0 Å². The van der Waals surface area contributed by atoms with E-state index < -0.39 is 6.03 Å². The van der Waals surface area contributed by atoms with Gasteiger partial charge in [0.15, 0.2) is 5.11 Å². The summed E-state index contributed by atoms with van der Waals surface area (Å²) in [5, 5.41) is 9.82. The molecule has 2 aromatic carbocycles. The third kappa shape index (κ3) is 10.6. The standard InChI is InChI=1S/C26H36N4O2S2/c1-26(2,3)20-14-16-21(17-15-20)28-25(33)27-18-10-6-4-5-7-11-19-32-23-13-9-8-12-22(23)29-24(31)30-34/h8-9,12-17H,4-7,10-11,18-19H2,1-3H3,(H,29,31)(H2,27,28,33). The van der Waals surface area contributed by atoms with Gasteiger partial charge in [0, 0.05) is 24.7 Å². The number of anilines is 2. The van der Waals surface area contributed by atoms with Crippen LogP contribution in [-0.2, 0) is 17.8 Å². The topological polar surface area (TPSA) is 74.8 Å². The summed E-state index contributed by atoms with van der Waals surface area (Å²) in [5.41, 5.74) is 3.05. The zero-order valence-electron chi connectivity index (χ0n) is 20.4. The smallest absolute Gasteiger partial charge is 0.356 e. The highest BCUT2D eigenvalue weighted by Crippen LogP contribution is 2.25. The Morgan fingerprint density at radius 1 is 0.912 bits per heavy atom. The number of nitrogens with zero attached hydrogens (tertiary/aromatic N) is 1. The molecule has 3 N–H and O–H groups in total. The molecule has 2 aromatic rings. The van der Waals surface area contributed by atoms with Crippen LogP contribution in [0.3, 0.4) is 0 Å². The predicted molar refractivity (Wildman–Crippen MR) is 148 cm³/mol. The van der Waals surface area contributed by atoms with Gasteiger partial charge < -0.3 is 20.7 Å². The monoisotopic (exact) mass is 500 g/mol. The summed E-state index contributed by atoms with van der Waals surface area (Å²) < 4.78 is 8.98. The maximum Gasteiger partial charge on any atom is 0.356 e. The highest BCUT2D eigenvalue weighted by Gasteiger charge is 2.12. The van der Waals surface area contributed by atoms with E-state index in [1.54, 1.807) is 6.07 Å². The van der Waals surface area contributed by atoms with Crippen molar-refractivity contribution in [2.75, 3.05) is 23.8 Å². The molecule has 0 saturated carbocycles. The van der Waals surface area contributed by atoms with Gasteiger partial charge in [0.2, 0.25) is 0 Å². The van der Waals surface area contributed by atoms with Crippen molar-refractivity contribution in [3.8, 4) is 5.75 Å². The number of para-hydroxylation sites is 2. The van der Waals surface area contributed by atoms with Crippen LogP contribution in [0.5, 0.6) is 5.75 Å². The van der Waals surface area contributed by atoms with Crippen LogP contribution in [0.4, 0.5) is 16.2 Å². The molecule has 0 aliphatic carbocycles. The first-order valence-electron chi connectivity index (χ1n) is 11.8. The van der Waals surface area contributed by atoms with Gasteiger partial charge in [-0.2, -0.15) is 0 Å². The number of thiocarbonyl (C=S) groups is 1. The molecule has 0 aliphatic heterocycles. The van der Waals surface area contributed by atoms with Crippen LogP contribution in [0.1, 0.15) is 64.9 Å². The number of carbonyl (C=O) groups excluding carboxylic acids is 1. The summed E-state index contributed by atoms with van der Waals surface area (Å²) in [5.74, 6) is 0.635. The van der Waals surface area contributed by atoms with Crippen LogP contribution < -0.4 is 20.7 Å². The molecule has 0 radical (unpaired) electrons. The average molecular weight is 501 g/mol. The normalized spacial score (nSPS) is 10.9. The van der Waals surface area contributed by atoms with Crippen molar-refractivity contribution in [2.45, 2.75) is 64.7 Å². The maximum atomic E-state index is 11.4. The number of unbranched alkanes of at least 4 members (excludes halogenated alkanes) is 5. The molecule has 0 atom stereocenters. The second-order valence-electron chi connectivity index (χ2n) is 9.20. The molecular weight excluding hydrogens is 464 g/mol. The van der Waals surface area contributed by atoms with E-state index in [-0.39, 0.29) is 5.41 Å². The molecule has 2 amide bonds. The summed E-state index contributed by atoms with van der Waals surface area (Å²) in [6.45, 7) is 8.10. The zero-order chi connectivity index (χ0) is 24.8. The molecule has 0 aromatic heterocycles. The fraction of sp³-hybridized carbons (Fsp3) is 0.462. The van der Waals surface area contributed by atoms with Crippen LogP contribution in [0.25, 0.3) is 0 Å². The Labute approximate surface area is 214 Å². The molecule has 2 rings (SSSR count). The molecule has 0 heterocycles. The van der Waals surface area contributed by atoms with E-state index in [1.165, 1.54) is 18.4 Å². The van der Waals surface area contributed by atoms with Crippen LogP contribution >= 0.6 is 12.2 Å². The van der Waals surface area contributed by atoms with Crippen LogP contribution in [0, 0.1) is 0 Å². The molecule has 184 valence electrons. The van der Waals surface area contributed by atoms with E-state index in [1.807, 2.05) is 18.2 Å². The maximum absolute atomic E-state index is 11.4. The zero-order valence-corrected chi connectivity index (χ0v) is 22.0. The molecule has 0 spiro atoms. The molecule has 0 aliphatic rings. The molecule has 0 saturated heterocycles. The molecule has 0 fully saturated rings. The van der Waals surface area contributed by atoms with Crippen molar-refractivity contribution in [1.82, 2.24) is 5.32 Å². The van der Waals surface area contributed by atoms with Crippen molar-refractivity contribution in [1.29, 1.82) is 0 Å². The van der Waals surface area contributed by atoms with Crippen molar-refractivity contribution >= 4 is 47.2 Å². The van der Waals surface area contributed by atoms with Crippen molar-refractivity contribution in [3.05, 3.63) is 54.1 Å². The van der Waals surface area contributed by atoms with Gasteiger partial charge in [-0.15, -0.1) is 4.36 Å². The summed E-state index contributed by atoms with van der Waals surface area (Å²) in [7, 11) is 0. The number of hydrogen-bond donors (Lipinski definition) is 3. The average Bonchev–Trinajstić information content (AvgIpc) is 2.81. The largest absolute Gasteiger partial charge is 0.491 e. The first-order valence-corrected chi connectivity index (χ1v) is 12.6. The first kappa shape index (κ1) is 27.7. The molecule has 0 unspecified atom stereocenters. The van der Waals surface area contributed by atoms with Gasteiger partial charge in [0.05, 0.1) is 12.3 Å². The highest BCUT2D eigenvalue weighted by molar-refractivity contribution is 7.80. The molecule has 0 bridgehead atoms. The molecule has 6 nitrogen and oxygen atoms in total. The Morgan fingerprint density at radius 2 is 1.56 bits per heavy atom. The third-order valence-electron chi connectivity index (χ3n) is 5.33. The number of amides is 2. The number of rotatable bonds is 12. The minimum Gasteiger partial charge on any atom is -0.491 e. The van der Waals surface area contributed by atoms with Gasteiger partial charge in [0.25, 0.3) is 0 Å². The van der Waals surface area contributed by atoms with Gasteiger partial charge in [-0.05, 0) is 60.3 Å². The summed E-state index contributed by atoms with van der Waals surface area (Å²) in [6, 6.07) is 15.2.